The molecule has 0 aliphatic carbocycles. The highest BCUT2D eigenvalue weighted by molar-refractivity contribution is 6.09. The van der Waals surface area contributed by atoms with Crippen molar-refractivity contribution in [2.75, 3.05) is 19.4 Å². The van der Waals surface area contributed by atoms with Gasteiger partial charge in [-0.2, -0.15) is 19.0 Å². The van der Waals surface area contributed by atoms with Crippen molar-refractivity contribution in [3.8, 4) is 17.0 Å². The molecule has 3 heterocycles. The predicted octanol–water partition coefficient (Wildman–Crippen LogP) is 2.28. The summed E-state index contributed by atoms with van der Waals surface area (Å²) >= 11 is 0. The first kappa shape index (κ1) is 24.4. The van der Waals surface area contributed by atoms with Crippen molar-refractivity contribution in [1.82, 2.24) is 29.3 Å². The standard InChI is InChI=1S/C23H21F2N7O4/c1-30(2)19(34)13-31-12-17(28-22(35)16-11-27-32-8-3-7-26-21(16)32)20(29-31)15-10-14(6-9-33)4-5-18(15)36-23(24)25/h3-5,7-12,23H,6,13H2,1-2H3,(H,28,35). The highest BCUT2D eigenvalue weighted by Gasteiger charge is 2.23. The summed E-state index contributed by atoms with van der Waals surface area (Å²) in [4.78, 5) is 42.0. The van der Waals surface area contributed by atoms with Gasteiger partial charge in [0.05, 0.1) is 11.9 Å². The van der Waals surface area contributed by atoms with Gasteiger partial charge in [-0.05, 0) is 23.8 Å². The van der Waals surface area contributed by atoms with Crippen LogP contribution in [0.3, 0.4) is 0 Å². The molecule has 2 amide bonds. The molecular weight excluding hydrogens is 476 g/mol. The van der Waals surface area contributed by atoms with Gasteiger partial charge in [0.15, 0.2) is 5.65 Å². The second kappa shape index (κ2) is 10.3. The number of amides is 2. The average molecular weight is 497 g/mol. The van der Waals surface area contributed by atoms with E-state index < -0.39 is 12.5 Å². The van der Waals surface area contributed by atoms with Crippen LogP contribution in [0.25, 0.3) is 16.9 Å². The van der Waals surface area contributed by atoms with Gasteiger partial charge in [0, 0.05) is 44.7 Å². The van der Waals surface area contributed by atoms with E-state index in [1.807, 2.05) is 0 Å². The summed E-state index contributed by atoms with van der Waals surface area (Å²) in [6.07, 6.45) is 6.58. The second-order valence-corrected chi connectivity index (χ2v) is 7.86. The molecule has 186 valence electrons. The summed E-state index contributed by atoms with van der Waals surface area (Å²) in [7, 11) is 3.15. The maximum Gasteiger partial charge on any atom is 0.387 e. The Labute approximate surface area is 203 Å². The molecule has 0 atom stereocenters. The fourth-order valence-electron chi connectivity index (χ4n) is 3.43. The van der Waals surface area contributed by atoms with Crippen LogP contribution < -0.4 is 10.1 Å². The molecule has 0 saturated carbocycles. The zero-order chi connectivity index (χ0) is 25.8. The Bertz CT molecular complexity index is 1430. The van der Waals surface area contributed by atoms with E-state index in [2.05, 4.69) is 25.2 Å². The third-order valence-corrected chi connectivity index (χ3v) is 5.16. The van der Waals surface area contributed by atoms with Crippen LogP contribution in [-0.2, 0) is 22.6 Å². The zero-order valence-corrected chi connectivity index (χ0v) is 19.3. The fourth-order valence-corrected chi connectivity index (χ4v) is 3.43. The van der Waals surface area contributed by atoms with Gasteiger partial charge in [-0.15, -0.1) is 0 Å². The number of halogens is 2. The first-order valence-corrected chi connectivity index (χ1v) is 10.7. The molecule has 0 unspecified atom stereocenters. The molecule has 0 saturated heterocycles. The van der Waals surface area contributed by atoms with E-state index in [1.165, 1.54) is 50.9 Å². The fraction of sp³-hybridized carbons (Fsp3) is 0.217. The van der Waals surface area contributed by atoms with Gasteiger partial charge < -0.3 is 19.7 Å². The highest BCUT2D eigenvalue weighted by atomic mass is 19.3. The molecule has 0 bridgehead atoms. The lowest BCUT2D eigenvalue weighted by molar-refractivity contribution is -0.129. The van der Waals surface area contributed by atoms with E-state index in [0.29, 0.717) is 17.5 Å². The lowest BCUT2D eigenvalue weighted by Gasteiger charge is -2.12. The minimum Gasteiger partial charge on any atom is -0.434 e. The lowest BCUT2D eigenvalue weighted by Crippen LogP contribution is -2.26. The number of benzene rings is 1. The molecular formula is C23H21F2N7O4. The average Bonchev–Trinajstić information content (AvgIpc) is 3.44. The van der Waals surface area contributed by atoms with Gasteiger partial charge >= 0.3 is 6.61 Å². The van der Waals surface area contributed by atoms with Crippen molar-refractivity contribution in [3.63, 3.8) is 0 Å². The number of fused-ring (bicyclic) bond motifs is 1. The topological polar surface area (TPSA) is 124 Å². The van der Waals surface area contributed by atoms with E-state index in [4.69, 9.17) is 0 Å². The van der Waals surface area contributed by atoms with Crippen LogP contribution in [0.5, 0.6) is 5.75 Å². The van der Waals surface area contributed by atoms with Crippen molar-refractivity contribution >= 4 is 29.4 Å². The molecule has 13 heteroatoms. The molecule has 11 nitrogen and oxygen atoms in total. The summed E-state index contributed by atoms with van der Waals surface area (Å²) in [5.74, 6) is -1.08. The van der Waals surface area contributed by atoms with E-state index in [9.17, 15) is 23.2 Å². The van der Waals surface area contributed by atoms with Crippen LogP contribution in [0, 0.1) is 0 Å². The van der Waals surface area contributed by atoms with Crippen molar-refractivity contribution in [1.29, 1.82) is 0 Å². The third kappa shape index (κ3) is 5.19. The number of anilines is 1. The molecule has 4 rings (SSSR count). The number of nitrogens with zero attached hydrogens (tertiary/aromatic N) is 6. The minimum absolute atomic E-state index is 0.0253. The number of hydrogen-bond donors (Lipinski definition) is 1. The third-order valence-electron chi connectivity index (χ3n) is 5.16. The molecule has 1 aromatic carbocycles. The van der Waals surface area contributed by atoms with Crippen LogP contribution in [0.2, 0.25) is 0 Å². The van der Waals surface area contributed by atoms with Crippen molar-refractivity contribution < 1.29 is 27.9 Å². The summed E-state index contributed by atoms with van der Waals surface area (Å²) in [5, 5.41) is 11.2. The van der Waals surface area contributed by atoms with E-state index in [0.717, 1.165) is 0 Å². The number of rotatable bonds is 9. The van der Waals surface area contributed by atoms with Gasteiger partial charge in [0.1, 0.15) is 29.8 Å². The van der Waals surface area contributed by atoms with Gasteiger partial charge in [0.2, 0.25) is 5.91 Å². The van der Waals surface area contributed by atoms with E-state index in [1.54, 1.807) is 26.4 Å². The van der Waals surface area contributed by atoms with Crippen LogP contribution in [0.4, 0.5) is 14.5 Å². The molecule has 0 aliphatic rings. The Morgan fingerprint density at radius 1 is 1.28 bits per heavy atom. The SMILES string of the molecule is CN(C)C(=O)Cn1cc(NC(=O)c2cnn3cccnc23)c(-c2cc(CC=O)ccc2OC(F)F)n1. The highest BCUT2D eigenvalue weighted by Crippen LogP contribution is 2.36. The Morgan fingerprint density at radius 3 is 2.81 bits per heavy atom. The second-order valence-electron chi connectivity index (χ2n) is 7.86. The quantitative estimate of drug-likeness (QED) is 0.352. The smallest absolute Gasteiger partial charge is 0.387 e. The van der Waals surface area contributed by atoms with Crippen LogP contribution in [-0.4, -0.2) is 68.1 Å². The van der Waals surface area contributed by atoms with Crippen LogP contribution in [0.1, 0.15) is 15.9 Å². The molecule has 3 aromatic heterocycles. The summed E-state index contributed by atoms with van der Waals surface area (Å²) < 4.78 is 33.6. The van der Waals surface area contributed by atoms with Gasteiger partial charge in [0.25, 0.3) is 5.91 Å². The summed E-state index contributed by atoms with van der Waals surface area (Å²) in [6.45, 7) is -3.30. The number of carbonyl (C=O) groups excluding carboxylic acids is 3. The van der Waals surface area contributed by atoms with E-state index >= 15 is 0 Å². The van der Waals surface area contributed by atoms with E-state index in [-0.39, 0.29) is 47.1 Å². The minimum atomic E-state index is -3.12. The molecule has 0 spiro atoms. The number of nitrogens with one attached hydrogen (secondary N) is 1. The first-order chi connectivity index (χ1) is 17.3. The van der Waals surface area contributed by atoms with Crippen molar-refractivity contribution in [2.24, 2.45) is 0 Å². The molecule has 36 heavy (non-hydrogen) atoms. The number of aldehydes is 1. The number of likely N-dealkylation sites (N-methyl/N-ethyl adjacent to an activating group) is 1. The number of carbonyl (C=O) groups is 3. The molecule has 4 aromatic rings. The number of aromatic nitrogens is 5. The lowest BCUT2D eigenvalue weighted by atomic mass is 10.0. The van der Waals surface area contributed by atoms with Gasteiger partial charge in [-0.1, -0.05) is 6.07 Å². The summed E-state index contributed by atoms with van der Waals surface area (Å²) in [6, 6.07) is 5.90. The Hall–Kier alpha value is -4.68. The van der Waals surface area contributed by atoms with Crippen LogP contribution >= 0.6 is 0 Å². The maximum atomic E-state index is 13.1. The monoisotopic (exact) mass is 497 g/mol. The normalized spacial score (nSPS) is 11.0. The molecule has 0 fully saturated rings. The predicted molar refractivity (Wildman–Crippen MR) is 124 cm³/mol. The van der Waals surface area contributed by atoms with Crippen molar-refractivity contribution in [3.05, 3.63) is 60.2 Å². The van der Waals surface area contributed by atoms with Gasteiger partial charge in [-0.25, -0.2) is 9.50 Å². The maximum absolute atomic E-state index is 13.1. The largest absolute Gasteiger partial charge is 0.434 e. The Balaban J connectivity index is 1.79. The van der Waals surface area contributed by atoms with Crippen molar-refractivity contribution in [2.45, 2.75) is 19.6 Å². The van der Waals surface area contributed by atoms with Gasteiger partial charge in [-0.3, -0.25) is 14.3 Å². The first-order valence-electron chi connectivity index (χ1n) is 10.7. The Kier molecular flexibility index (Phi) is 6.99. The Morgan fingerprint density at radius 2 is 2.08 bits per heavy atom. The zero-order valence-electron chi connectivity index (χ0n) is 19.3. The number of hydrogen-bond acceptors (Lipinski definition) is 7. The number of alkyl halides is 2. The molecule has 0 radical (unpaired) electrons. The molecule has 0 aliphatic heterocycles. The number of ether oxygens (including phenoxy) is 1. The van der Waals surface area contributed by atoms with Crippen LogP contribution in [0.15, 0.2) is 49.1 Å². The summed E-state index contributed by atoms with van der Waals surface area (Å²) in [5.41, 5.74) is 1.30. The molecule has 1 N–H and O–H groups in total.